The minimum absolute atomic E-state index is 0.0523. The highest BCUT2D eigenvalue weighted by atomic mass is 16.1. The Morgan fingerprint density at radius 1 is 1.03 bits per heavy atom. The van der Waals surface area contributed by atoms with Gasteiger partial charge in [0.25, 0.3) is 0 Å². The summed E-state index contributed by atoms with van der Waals surface area (Å²) in [5.74, 6) is 1.42. The number of rotatable bonds is 9. The molecule has 2 aromatic carbocycles. The molecule has 0 aliphatic heterocycles. The molecule has 0 fully saturated rings. The Balaban J connectivity index is 1.57. The molecule has 0 bridgehead atoms. The molecule has 0 aliphatic rings. The number of amides is 1. The summed E-state index contributed by atoms with van der Waals surface area (Å²) in [5, 5.41) is 17.3. The van der Waals surface area contributed by atoms with Crippen molar-refractivity contribution in [1.29, 1.82) is 0 Å². The van der Waals surface area contributed by atoms with E-state index in [0.29, 0.717) is 12.4 Å². The van der Waals surface area contributed by atoms with Crippen LogP contribution in [0, 0.1) is 0 Å². The third kappa shape index (κ3) is 5.41. The van der Waals surface area contributed by atoms with Gasteiger partial charge in [0, 0.05) is 43.9 Å². The fourth-order valence-corrected chi connectivity index (χ4v) is 3.82. The average molecular weight is 442 g/mol. The molecule has 0 saturated carbocycles. The minimum Gasteiger partial charge on any atom is -0.352 e. The molecule has 8 nitrogen and oxygen atoms in total. The van der Waals surface area contributed by atoms with Gasteiger partial charge in [0.2, 0.25) is 11.7 Å². The predicted octanol–water partition coefficient (Wildman–Crippen LogP) is 3.98. The third-order valence-electron chi connectivity index (χ3n) is 5.34. The molecular formula is C25H27N7O. The second-order valence-electron chi connectivity index (χ2n) is 7.80. The van der Waals surface area contributed by atoms with Gasteiger partial charge in [0.05, 0.1) is 0 Å². The molecule has 0 aliphatic carbocycles. The van der Waals surface area contributed by atoms with Gasteiger partial charge in [-0.25, -0.2) is 4.98 Å². The Morgan fingerprint density at radius 2 is 1.82 bits per heavy atom. The van der Waals surface area contributed by atoms with E-state index in [1.165, 1.54) is 12.5 Å². The van der Waals surface area contributed by atoms with Gasteiger partial charge >= 0.3 is 0 Å². The second kappa shape index (κ2) is 10.5. The van der Waals surface area contributed by atoms with Crippen LogP contribution in [0.25, 0.3) is 22.5 Å². The lowest BCUT2D eigenvalue weighted by molar-refractivity contribution is -0.119. The van der Waals surface area contributed by atoms with Gasteiger partial charge < -0.3 is 10.2 Å². The fourth-order valence-electron chi connectivity index (χ4n) is 3.82. The zero-order valence-electron chi connectivity index (χ0n) is 18.8. The van der Waals surface area contributed by atoms with Crippen molar-refractivity contribution in [3.8, 4) is 22.5 Å². The highest BCUT2D eigenvalue weighted by molar-refractivity contribution is 5.80. The van der Waals surface area contributed by atoms with Crippen LogP contribution in [0.1, 0.15) is 31.4 Å². The summed E-state index contributed by atoms with van der Waals surface area (Å²) in [4.78, 5) is 18.3. The van der Waals surface area contributed by atoms with E-state index in [1.807, 2.05) is 30.3 Å². The maximum atomic E-state index is 11.4. The molecule has 0 unspecified atom stereocenters. The van der Waals surface area contributed by atoms with Crippen LogP contribution in [-0.4, -0.2) is 38.1 Å². The van der Waals surface area contributed by atoms with Crippen molar-refractivity contribution in [2.75, 3.05) is 11.4 Å². The van der Waals surface area contributed by atoms with Crippen LogP contribution in [0.2, 0.25) is 0 Å². The van der Waals surface area contributed by atoms with Crippen molar-refractivity contribution in [2.24, 2.45) is 0 Å². The summed E-state index contributed by atoms with van der Waals surface area (Å²) < 4.78 is 0. The number of aromatic nitrogens is 5. The lowest BCUT2D eigenvalue weighted by atomic mass is 9.98. The van der Waals surface area contributed by atoms with Gasteiger partial charge in [-0.2, -0.15) is 5.21 Å². The maximum absolute atomic E-state index is 11.4. The van der Waals surface area contributed by atoms with Crippen LogP contribution < -0.4 is 10.2 Å². The quantitative estimate of drug-likeness (QED) is 0.408. The van der Waals surface area contributed by atoms with Crippen LogP contribution >= 0.6 is 0 Å². The summed E-state index contributed by atoms with van der Waals surface area (Å²) in [6.07, 6.45) is 2.79. The van der Waals surface area contributed by atoms with Gasteiger partial charge in [-0.3, -0.25) is 4.79 Å². The zero-order valence-corrected chi connectivity index (χ0v) is 18.8. The summed E-state index contributed by atoms with van der Waals surface area (Å²) >= 11 is 0. The highest BCUT2D eigenvalue weighted by Crippen LogP contribution is 2.30. The lowest BCUT2D eigenvalue weighted by Crippen LogP contribution is -2.27. The number of nitrogens with zero attached hydrogens (tertiary/aromatic N) is 5. The largest absolute Gasteiger partial charge is 0.352 e. The average Bonchev–Trinajstić information content (AvgIpc) is 3.38. The topological polar surface area (TPSA) is 99.7 Å². The summed E-state index contributed by atoms with van der Waals surface area (Å²) in [7, 11) is 0. The minimum atomic E-state index is -0.0523. The van der Waals surface area contributed by atoms with Crippen LogP contribution in [0.4, 0.5) is 5.82 Å². The number of pyridine rings is 1. The van der Waals surface area contributed by atoms with E-state index in [0.717, 1.165) is 47.6 Å². The maximum Gasteiger partial charge on any atom is 0.217 e. The van der Waals surface area contributed by atoms with Gasteiger partial charge in [0.15, 0.2) is 0 Å². The molecule has 0 saturated heterocycles. The normalized spacial score (nSPS) is 10.7. The first-order valence-corrected chi connectivity index (χ1v) is 11.0. The SMILES string of the molecule is CCCN(Cc1ccc(-c2ccccc2-c2nn[nH]n2)cc1)c1ncccc1CNC(C)=O. The first kappa shape index (κ1) is 22.1. The Labute approximate surface area is 193 Å². The number of tetrazole rings is 1. The standard InChI is InChI=1S/C25H27N7O/c1-3-15-32(25-21(7-6-14-26-25)16-27-18(2)33)17-19-10-12-20(13-11-19)22-8-4-5-9-23(22)24-28-30-31-29-24/h4-14H,3,15-17H2,1-2H3,(H,27,33)(H,28,29,30,31). The summed E-state index contributed by atoms with van der Waals surface area (Å²) in [6.45, 7) is 5.74. The van der Waals surface area contributed by atoms with E-state index in [4.69, 9.17) is 0 Å². The third-order valence-corrected chi connectivity index (χ3v) is 5.34. The molecule has 2 heterocycles. The van der Waals surface area contributed by atoms with Crippen LogP contribution in [0.3, 0.4) is 0 Å². The number of anilines is 1. The monoisotopic (exact) mass is 441 g/mol. The Bertz CT molecular complexity index is 1190. The molecule has 1 amide bonds. The van der Waals surface area contributed by atoms with E-state index in [-0.39, 0.29) is 5.91 Å². The molecule has 2 N–H and O–H groups in total. The highest BCUT2D eigenvalue weighted by Gasteiger charge is 2.14. The number of aromatic amines is 1. The molecule has 0 atom stereocenters. The number of hydrogen-bond donors (Lipinski definition) is 2. The molecule has 0 spiro atoms. The molecule has 168 valence electrons. The van der Waals surface area contributed by atoms with Crippen molar-refractivity contribution in [1.82, 2.24) is 30.9 Å². The number of nitrogens with one attached hydrogen (secondary N) is 2. The number of H-pyrrole nitrogens is 1. The van der Waals surface area contributed by atoms with Crippen LogP contribution in [0.5, 0.6) is 0 Å². The van der Waals surface area contributed by atoms with Crippen LogP contribution in [0.15, 0.2) is 66.9 Å². The van der Waals surface area contributed by atoms with E-state index >= 15 is 0 Å². The van der Waals surface area contributed by atoms with Gasteiger partial charge in [-0.05, 0) is 34.4 Å². The zero-order chi connectivity index (χ0) is 23.0. The lowest BCUT2D eigenvalue weighted by Gasteiger charge is -2.26. The van der Waals surface area contributed by atoms with Gasteiger partial charge in [-0.15, -0.1) is 10.2 Å². The smallest absolute Gasteiger partial charge is 0.217 e. The van der Waals surface area contributed by atoms with Gasteiger partial charge in [0.1, 0.15) is 5.82 Å². The first-order chi connectivity index (χ1) is 16.2. The van der Waals surface area contributed by atoms with Crippen molar-refractivity contribution in [2.45, 2.75) is 33.4 Å². The van der Waals surface area contributed by atoms with E-state index in [9.17, 15) is 4.79 Å². The number of benzene rings is 2. The fraction of sp³-hybridized carbons (Fsp3) is 0.240. The van der Waals surface area contributed by atoms with E-state index < -0.39 is 0 Å². The van der Waals surface area contributed by atoms with Crippen molar-refractivity contribution in [3.63, 3.8) is 0 Å². The first-order valence-electron chi connectivity index (χ1n) is 11.0. The molecular weight excluding hydrogens is 414 g/mol. The van der Waals surface area contributed by atoms with E-state index in [1.54, 1.807) is 6.20 Å². The van der Waals surface area contributed by atoms with Gasteiger partial charge in [-0.1, -0.05) is 61.5 Å². The van der Waals surface area contributed by atoms with Crippen molar-refractivity contribution >= 4 is 11.7 Å². The summed E-state index contributed by atoms with van der Waals surface area (Å²) in [6, 6.07) is 20.5. The Morgan fingerprint density at radius 3 is 2.52 bits per heavy atom. The Hall–Kier alpha value is -4.07. The van der Waals surface area contributed by atoms with E-state index in [2.05, 4.69) is 73.1 Å². The molecule has 33 heavy (non-hydrogen) atoms. The number of carbonyl (C=O) groups excluding carboxylic acids is 1. The number of hydrogen-bond acceptors (Lipinski definition) is 6. The van der Waals surface area contributed by atoms with Crippen molar-refractivity contribution in [3.05, 3.63) is 78.0 Å². The predicted molar refractivity (Wildman–Crippen MR) is 128 cm³/mol. The molecule has 2 aromatic heterocycles. The molecule has 0 radical (unpaired) electrons. The second-order valence-corrected chi connectivity index (χ2v) is 7.80. The number of carbonyl (C=O) groups is 1. The summed E-state index contributed by atoms with van der Waals surface area (Å²) in [5.41, 5.74) is 5.26. The van der Waals surface area contributed by atoms with Crippen molar-refractivity contribution < 1.29 is 4.79 Å². The molecule has 4 aromatic rings. The Kier molecular flexibility index (Phi) is 7.04. The molecule has 4 rings (SSSR count). The van der Waals surface area contributed by atoms with Crippen LogP contribution in [-0.2, 0) is 17.9 Å². The molecule has 8 heteroatoms.